The summed E-state index contributed by atoms with van der Waals surface area (Å²) in [6.45, 7) is 5.32. The smallest absolute Gasteiger partial charge is 0.263 e. The third-order valence-electron chi connectivity index (χ3n) is 7.51. The summed E-state index contributed by atoms with van der Waals surface area (Å²) in [6, 6.07) is 24.5. The first-order valence-corrected chi connectivity index (χ1v) is 13.4. The molecule has 2 amide bonds. The third kappa shape index (κ3) is 5.56. The van der Waals surface area contributed by atoms with E-state index in [1.165, 1.54) is 11.1 Å². The molecule has 1 aliphatic heterocycles. The molecule has 1 heterocycles. The van der Waals surface area contributed by atoms with Crippen molar-refractivity contribution in [2.45, 2.75) is 58.2 Å². The van der Waals surface area contributed by atoms with Crippen molar-refractivity contribution in [2.24, 2.45) is 5.92 Å². The monoisotopic (exact) mass is 496 g/mol. The standard InChI is InChI=1S/C32H36N2O3/c1-4-29(32(36)33(3)21-23-8-6-5-7-9-23)37-27-17-16-24-18-19-34(31(35)26-14-15-26)30(28(24)20-27)25-12-10-22(2)11-13-25/h5-13,16-17,20,26,29-30H,4,14-15,18-19,21H2,1-3H3/t29-,30-/m1/s1. The van der Waals surface area contributed by atoms with Gasteiger partial charge in [-0.25, -0.2) is 0 Å². The molecule has 5 nitrogen and oxygen atoms in total. The lowest BCUT2D eigenvalue weighted by molar-refractivity contribution is -0.138. The first-order valence-electron chi connectivity index (χ1n) is 13.4. The van der Waals surface area contributed by atoms with E-state index in [1.807, 2.05) is 50.4 Å². The molecule has 2 aliphatic rings. The molecule has 2 atom stereocenters. The Morgan fingerprint density at radius 3 is 2.43 bits per heavy atom. The molecule has 0 bridgehead atoms. The van der Waals surface area contributed by atoms with Crippen LogP contribution in [0.25, 0.3) is 0 Å². The number of ether oxygens (including phenoxy) is 1. The first kappa shape index (κ1) is 25.1. The number of benzene rings is 3. The Bertz CT molecular complexity index is 1250. The number of hydrogen-bond donors (Lipinski definition) is 0. The Morgan fingerprint density at radius 2 is 1.76 bits per heavy atom. The quantitative estimate of drug-likeness (QED) is 0.402. The fourth-order valence-electron chi connectivity index (χ4n) is 5.23. The van der Waals surface area contributed by atoms with Gasteiger partial charge in [0, 0.05) is 26.1 Å². The Balaban J connectivity index is 1.40. The molecule has 5 rings (SSSR count). The molecule has 1 saturated carbocycles. The second kappa shape index (κ2) is 10.8. The fraction of sp³-hybridized carbons (Fsp3) is 0.375. The van der Waals surface area contributed by atoms with Crippen LogP contribution in [0.2, 0.25) is 0 Å². The molecule has 0 aromatic heterocycles. The molecule has 0 N–H and O–H groups in total. The highest BCUT2D eigenvalue weighted by Gasteiger charge is 2.39. The van der Waals surface area contributed by atoms with E-state index >= 15 is 0 Å². The van der Waals surface area contributed by atoms with Gasteiger partial charge in [-0.15, -0.1) is 0 Å². The van der Waals surface area contributed by atoms with Crippen LogP contribution in [0, 0.1) is 12.8 Å². The van der Waals surface area contributed by atoms with E-state index < -0.39 is 6.10 Å². The minimum absolute atomic E-state index is 0.0373. The summed E-state index contributed by atoms with van der Waals surface area (Å²) in [5.41, 5.74) is 5.73. The molecule has 37 heavy (non-hydrogen) atoms. The van der Waals surface area contributed by atoms with Gasteiger partial charge in [-0.1, -0.05) is 73.2 Å². The normalized spacial score (nSPS) is 17.6. The first-order chi connectivity index (χ1) is 17.9. The molecule has 5 heteroatoms. The van der Waals surface area contributed by atoms with Crippen LogP contribution in [0.15, 0.2) is 72.8 Å². The number of likely N-dealkylation sites (N-methyl/N-ethyl adjacent to an activating group) is 1. The van der Waals surface area contributed by atoms with Crippen molar-refractivity contribution in [1.29, 1.82) is 0 Å². The molecule has 1 fully saturated rings. The maximum Gasteiger partial charge on any atom is 0.263 e. The lowest BCUT2D eigenvalue weighted by Crippen LogP contribution is -2.41. The van der Waals surface area contributed by atoms with Crippen molar-refractivity contribution >= 4 is 11.8 Å². The SMILES string of the molecule is CC[C@@H](Oc1ccc2c(c1)[C@@H](c1ccc(C)cc1)N(C(=O)C1CC1)CC2)C(=O)N(C)Cc1ccccc1. The Labute approximate surface area is 220 Å². The number of carbonyl (C=O) groups is 2. The zero-order valence-electron chi connectivity index (χ0n) is 22.0. The Kier molecular flexibility index (Phi) is 7.31. The van der Waals surface area contributed by atoms with Crippen molar-refractivity contribution in [3.05, 3.63) is 101 Å². The van der Waals surface area contributed by atoms with Gasteiger partial charge in [0.1, 0.15) is 5.75 Å². The zero-order chi connectivity index (χ0) is 25.9. The van der Waals surface area contributed by atoms with Crippen LogP contribution in [0.4, 0.5) is 0 Å². The van der Waals surface area contributed by atoms with Crippen molar-refractivity contribution in [2.75, 3.05) is 13.6 Å². The average Bonchev–Trinajstić information content (AvgIpc) is 3.77. The van der Waals surface area contributed by atoms with Crippen LogP contribution >= 0.6 is 0 Å². The topological polar surface area (TPSA) is 49.9 Å². The Morgan fingerprint density at radius 1 is 1.03 bits per heavy atom. The third-order valence-corrected chi connectivity index (χ3v) is 7.51. The number of aryl methyl sites for hydroxylation is 1. The molecule has 0 saturated heterocycles. The van der Waals surface area contributed by atoms with E-state index in [0.717, 1.165) is 42.5 Å². The van der Waals surface area contributed by atoms with Gasteiger partial charge in [-0.3, -0.25) is 9.59 Å². The van der Waals surface area contributed by atoms with Gasteiger partial charge in [-0.2, -0.15) is 0 Å². The molecule has 3 aromatic carbocycles. The lowest BCUT2D eigenvalue weighted by Gasteiger charge is -2.38. The van der Waals surface area contributed by atoms with Crippen LogP contribution < -0.4 is 4.74 Å². The van der Waals surface area contributed by atoms with E-state index in [1.54, 1.807) is 4.90 Å². The fourth-order valence-corrected chi connectivity index (χ4v) is 5.23. The van der Waals surface area contributed by atoms with Gasteiger partial charge >= 0.3 is 0 Å². The minimum Gasteiger partial charge on any atom is -0.481 e. The van der Waals surface area contributed by atoms with Gasteiger partial charge in [0.2, 0.25) is 5.91 Å². The summed E-state index contributed by atoms with van der Waals surface area (Å²) in [5, 5.41) is 0. The van der Waals surface area contributed by atoms with Crippen molar-refractivity contribution in [1.82, 2.24) is 9.80 Å². The van der Waals surface area contributed by atoms with Crippen LogP contribution in [-0.2, 0) is 22.6 Å². The minimum atomic E-state index is -0.572. The van der Waals surface area contributed by atoms with Crippen LogP contribution in [-0.4, -0.2) is 41.3 Å². The summed E-state index contributed by atoms with van der Waals surface area (Å²) >= 11 is 0. The maximum atomic E-state index is 13.3. The van der Waals surface area contributed by atoms with Crippen molar-refractivity contribution in [3.8, 4) is 5.75 Å². The molecule has 0 spiro atoms. The highest BCUT2D eigenvalue weighted by molar-refractivity contribution is 5.82. The number of nitrogens with zero attached hydrogens (tertiary/aromatic N) is 2. The second-order valence-electron chi connectivity index (χ2n) is 10.4. The lowest BCUT2D eigenvalue weighted by atomic mass is 9.87. The number of fused-ring (bicyclic) bond motifs is 1. The van der Waals surface area contributed by atoms with E-state index in [-0.39, 0.29) is 23.8 Å². The average molecular weight is 497 g/mol. The van der Waals surface area contributed by atoms with Gasteiger partial charge in [-0.05, 0) is 67.0 Å². The summed E-state index contributed by atoms with van der Waals surface area (Å²) in [5.74, 6) is 1.05. The molecular formula is C32H36N2O3. The summed E-state index contributed by atoms with van der Waals surface area (Å²) in [4.78, 5) is 30.3. The van der Waals surface area contributed by atoms with Crippen LogP contribution in [0.3, 0.4) is 0 Å². The zero-order valence-corrected chi connectivity index (χ0v) is 22.0. The van der Waals surface area contributed by atoms with Crippen LogP contribution in [0.1, 0.15) is 60.0 Å². The summed E-state index contributed by atoms with van der Waals surface area (Å²) in [6.07, 6.45) is 2.80. The Hall–Kier alpha value is -3.60. The summed E-state index contributed by atoms with van der Waals surface area (Å²) < 4.78 is 6.31. The second-order valence-corrected chi connectivity index (χ2v) is 10.4. The predicted octanol–water partition coefficient (Wildman–Crippen LogP) is 5.70. The highest BCUT2D eigenvalue weighted by Crippen LogP contribution is 2.41. The van der Waals surface area contributed by atoms with Crippen molar-refractivity contribution in [3.63, 3.8) is 0 Å². The van der Waals surface area contributed by atoms with Gasteiger partial charge in [0.05, 0.1) is 6.04 Å². The van der Waals surface area contributed by atoms with E-state index in [9.17, 15) is 9.59 Å². The molecule has 192 valence electrons. The number of hydrogen-bond acceptors (Lipinski definition) is 3. The maximum absolute atomic E-state index is 13.3. The summed E-state index contributed by atoms with van der Waals surface area (Å²) in [7, 11) is 1.82. The molecule has 3 aromatic rings. The number of amides is 2. The molecule has 1 aliphatic carbocycles. The molecule has 0 unspecified atom stereocenters. The number of carbonyl (C=O) groups excluding carboxylic acids is 2. The van der Waals surface area contributed by atoms with E-state index in [4.69, 9.17) is 4.74 Å². The molecule has 0 radical (unpaired) electrons. The number of rotatable bonds is 8. The van der Waals surface area contributed by atoms with Gasteiger partial charge < -0.3 is 14.5 Å². The van der Waals surface area contributed by atoms with E-state index in [0.29, 0.717) is 18.7 Å². The van der Waals surface area contributed by atoms with Gasteiger partial charge in [0.15, 0.2) is 6.10 Å². The largest absolute Gasteiger partial charge is 0.481 e. The van der Waals surface area contributed by atoms with E-state index in [2.05, 4.69) is 48.2 Å². The van der Waals surface area contributed by atoms with Crippen molar-refractivity contribution < 1.29 is 14.3 Å². The molecular weight excluding hydrogens is 460 g/mol. The highest BCUT2D eigenvalue weighted by atomic mass is 16.5. The predicted molar refractivity (Wildman–Crippen MR) is 145 cm³/mol. The van der Waals surface area contributed by atoms with Crippen LogP contribution in [0.5, 0.6) is 5.75 Å². The van der Waals surface area contributed by atoms with Gasteiger partial charge in [0.25, 0.3) is 5.91 Å².